The molecule has 1 unspecified atom stereocenters. The van der Waals surface area contributed by atoms with Crippen LogP contribution in [0.1, 0.15) is 39.5 Å². The van der Waals surface area contributed by atoms with E-state index >= 15 is 0 Å². The van der Waals surface area contributed by atoms with Crippen molar-refractivity contribution < 1.29 is 19.5 Å². The number of carbonyl (C=O) groups is 3. The van der Waals surface area contributed by atoms with Crippen LogP contribution >= 0.6 is 0 Å². The smallest absolute Gasteiger partial charge is 0.326 e. The molecule has 0 bridgehead atoms. The Hall–Kier alpha value is -1.59. The van der Waals surface area contributed by atoms with Gasteiger partial charge < -0.3 is 16.2 Å². The van der Waals surface area contributed by atoms with Crippen LogP contribution in [0.3, 0.4) is 0 Å². The Morgan fingerprint density at radius 2 is 1.76 bits per heavy atom. The number of aliphatic carboxylic acids is 1. The van der Waals surface area contributed by atoms with E-state index in [9.17, 15) is 14.4 Å². The standard InChI is InChI=1S/C11H20N2O4/c1-3-7(4-2)10(15)13-8(11(16)17)5-6-9(12)14/h7-8H,3-6H2,1-2H3,(H2,12,14)(H,13,15)(H,16,17). The molecule has 0 heterocycles. The Labute approximate surface area is 101 Å². The van der Waals surface area contributed by atoms with Crippen molar-refractivity contribution in [2.45, 2.75) is 45.6 Å². The fraction of sp³-hybridized carbons (Fsp3) is 0.727. The summed E-state index contributed by atoms with van der Waals surface area (Å²) in [7, 11) is 0. The number of carboxylic acid groups (broad SMARTS) is 1. The molecule has 0 saturated heterocycles. The van der Waals surface area contributed by atoms with Gasteiger partial charge in [-0.2, -0.15) is 0 Å². The van der Waals surface area contributed by atoms with E-state index in [-0.39, 0.29) is 24.7 Å². The minimum atomic E-state index is -1.15. The van der Waals surface area contributed by atoms with Crippen LogP contribution in [-0.2, 0) is 14.4 Å². The summed E-state index contributed by atoms with van der Waals surface area (Å²) in [6, 6.07) is -1.05. The molecule has 0 aliphatic carbocycles. The lowest BCUT2D eigenvalue weighted by atomic mass is 10.0. The Balaban J connectivity index is 4.38. The summed E-state index contributed by atoms with van der Waals surface area (Å²) in [5, 5.41) is 11.3. The second kappa shape index (κ2) is 7.65. The molecule has 98 valence electrons. The summed E-state index contributed by atoms with van der Waals surface area (Å²) in [5.41, 5.74) is 4.94. The molecule has 0 aliphatic heterocycles. The van der Waals surface area contributed by atoms with Gasteiger partial charge >= 0.3 is 5.97 Å². The van der Waals surface area contributed by atoms with Gasteiger partial charge in [-0.05, 0) is 19.3 Å². The maximum Gasteiger partial charge on any atom is 0.326 e. The van der Waals surface area contributed by atoms with Gasteiger partial charge in [0, 0.05) is 12.3 Å². The molecule has 1 atom stereocenters. The van der Waals surface area contributed by atoms with Gasteiger partial charge in [0.25, 0.3) is 0 Å². The molecule has 0 fully saturated rings. The molecule has 0 radical (unpaired) electrons. The van der Waals surface area contributed by atoms with E-state index in [2.05, 4.69) is 5.32 Å². The van der Waals surface area contributed by atoms with E-state index in [0.717, 1.165) is 0 Å². The largest absolute Gasteiger partial charge is 0.480 e. The number of amides is 2. The third-order valence-corrected chi connectivity index (χ3v) is 2.65. The summed E-state index contributed by atoms with van der Waals surface area (Å²) >= 11 is 0. The summed E-state index contributed by atoms with van der Waals surface area (Å²) in [6.45, 7) is 3.74. The average molecular weight is 244 g/mol. The maximum absolute atomic E-state index is 11.7. The minimum Gasteiger partial charge on any atom is -0.480 e. The van der Waals surface area contributed by atoms with Gasteiger partial charge in [0.05, 0.1) is 0 Å². The molecule has 0 aromatic carbocycles. The lowest BCUT2D eigenvalue weighted by Crippen LogP contribution is -2.43. The number of carboxylic acids is 1. The van der Waals surface area contributed by atoms with E-state index in [1.54, 1.807) is 0 Å². The third-order valence-electron chi connectivity index (χ3n) is 2.65. The number of rotatable bonds is 8. The zero-order valence-corrected chi connectivity index (χ0v) is 10.2. The SMILES string of the molecule is CCC(CC)C(=O)NC(CCC(N)=O)C(=O)O. The first-order chi connectivity index (χ1) is 7.92. The van der Waals surface area contributed by atoms with E-state index in [0.29, 0.717) is 12.8 Å². The number of nitrogens with two attached hydrogens (primary N) is 1. The van der Waals surface area contributed by atoms with Crippen molar-refractivity contribution in [2.75, 3.05) is 0 Å². The monoisotopic (exact) mass is 244 g/mol. The van der Waals surface area contributed by atoms with Crippen LogP contribution in [-0.4, -0.2) is 28.9 Å². The van der Waals surface area contributed by atoms with Gasteiger partial charge in [-0.1, -0.05) is 13.8 Å². The topological polar surface area (TPSA) is 109 Å². The van der Waals surface area contributed by atoms with Crippen LogP contribution in [0.5, 0.6) is 0 Å². The van der Waals surface area contributed by atoms with E-state index in [1.807, 2.05) is 13.8 Å². The first kappa shape index (κ1) is 15.4. The number of hydrogen-bond donors (Lipinski definition) is 3. The lowest BCUT2D eigenvalue weighted by molar-refractivity contribution is -0.142. The highest BCUT2D eigenvalue weighted by atomic mass is 16.4. The number of primary amides is 1. The van der Waals surface area contributed by atoms with Crippen molar-refractivity contribution in [2.24, 2.45) is 11.7 Å². The van der Waals surface area contributed by atoms with Gasteiger partial charge in [-0.3, -0.25) is 9.59 Å². The van der Waals surface area contributed by atoms with E-state index < -0.39 is 17.9 Å². The van der Waals surface area contributed by atoms with Crippen LogP contribution in [0.2, 0.25) is 0 Å². The zero-order valence-electron chi connectivity index (χ0n) is 10.2. The van der Waals surface area contributed by atoms with Crippen molar-refractivity contribution >= 4 is 17.8 Å². The van der Waals surface area contributed by atoms with Gasteiger partial charge in [-0.15, -0.1) is 0 Å². The van der Waals surface area contributed by atoms with Crippen LogP contribution in [0.25, 0.3) is 0 Å². The lowest BCUT2D eigenvalue weighted by Gasteiger charge is -2.17. The second-order valence-corrected chi connectivity index (χ2v) is 3.92. The first-order valence-electron chi connectivity index (χ1n) is 5.73. The molecule has 0 rings (SSSR count). The molecule has 6 heteroatoms. The van der Waals surface area contributed by atoms with Crippen LogP contribution in [0.4, 0.5) is 0 Å². The molecule has 2 amide bonds. The third kappa shape index (κ3) is 5.89. The zero-order chi connectivity index (χ0) is 13.4. The molecular formula is C11H20N2O4. The van der Waals surface area contributed by atoms with Gasteiger partial charge in [0.1, 0.15) is 6.04 Å². The van der Waals surface area contributed by atoms with Crippen molar-refractivity contribution in [3.63, 3.8) is 0 Å². The highest BCUT2D eigenvalue weighted by molar-refractivity contribution is 5.85. The Morgan fingerprint density at radius 3 is 2.12 bits per heavy atom. The summed E-state index contributed by atoms with van der Waals surface area (Å²) < 4.78 is 0. The molecular weight excluding hydrogens is 224 g/mol. The second-order valence-electron chi connectivity index (χ2n) is 3.92. The van der Waals surface area contributed by atoms with Crippen molar-refractivity contribution in [3.8, 4) is 0 Å². The average Bonchev–Trinajstić information content (AvgIpc) is 2.25. The van der Waals surface area contributed by atoms with E-state index in [1.165, 1.54) is 0 Å². The summed E-state index contributed by atoms with van der Waals surface area (Å²) in [5.74, 6) is -2.20. The molecule has 4 N–H and O–H groups in total. The molecule has 17 heavy (non-hydrogen) atoms. The predicted molar refractivity (Wildman–Crippen MR) is 62.1 cm³/mol. The fourth-order valence-corrected chi connectivity index (χ4v) is 1.49. The van der Waals surface area contributed by atoms with Gasteiger partial charge in [0.15, 0.2) is 0 Å². The highest BCUT2D eigenvalue weighted by Crippen LogP contribution is 2.08. The van der Waals surface area contributed by atoms with Gasteiger partial charge in [-0.25, -0.2) is 4.79 Å². The highest BCUT2D eigenvalue weighted by Gasteiger charge is 2.23. The maximum atomic E-state index is 11.7. The minimum absolute atomic E-state index is 0.0244. The number of carbonyl (C=O) groups excluding carboxylic acids is 2. The molecule has 6 nitrogen and oxygen atoms in total. The summed E-state index contributed by atoms with van der Waals surface area (Å²) in [6.07, 6.45) is 1.28. The Kier molecular flexibility index (Phi) is 6.93. The number of nitrogens with one attached hydrogen (secondary N) is 1. The van der Waals surface area contributed by atoms with Crippen molar-refractivity contribution in [1.29, 1.82) is 0 Å². The van der Waals surface area contributed by atoms with Crippen LogP contribution < -0.4 is 11.1 Å². The quantitative estimate of drug-likeness (QED) is 0.568. The van der Waals surface area contributed by atoms with E-state index in [4.69, 9.17) is 10.8 Å². The fourth-order valence-electron chi connectivity index (χ4n) is 1.49. The molecule has 0 aromatic heterocycles. The summed E-state index contributed by atoms with van der Waals surface area (Å²) in [4.78, 5) is 33.1. The molecule has 0 aliphatic rings. The Bertz CT molecular complexity index is 287. The van der Waals surface area contributed by atoms with Crippen LogP contribution in [0.15, 0.2) is 0 Å². The normalized spacial score (nSPS) is 12.2. The predicted octanol–water partition coefficient (Wildman–Crippen LogP) is 0.258. The van der Waals surface area contributed by atoms with Crippen molar-refractivity contribution in [3.05, 3.63) is 0 Å². The van der Waals surface area contributed by atoms with Gasteiger partial charge in [0.2, 0.25) is 11.8 Å². The van der Waals surface area contributed by atoms with Crippen molar-refractivity contribution in [1.82, 2.24) is 5.32 Å². The Morgan fingerprint density at radius 1 is 1.24 bits per heavy atom. The number of hydrogen-bond acceptors (Lipinski definition) is 3. The molecule has 0 aromatic rings. The molecule has 0 saturated carbocycles. The van der Waals surface area contributed by atoms with Crippen LogP contribution in [0, 0.1) is 5.92 Å². The molecule has 0 spiro atoms. The first-order valence-corrected chi connectivity index (χ1v) is 5.73.